The Morgan fingerprint density at radius 2 is 1.93 bits per heavy atom. The van der Waals surface area contributed by atoms with E-state index in [0.29, 0.717) is 11.5 Å². The minimum absolute atomic E-state index is 0.202. The lowest BCUT2D eigenvalue weighted by molar-refractivity contribution is 0.101. The third-order valence-corrected chi connectivity index (χ3v) is 5.78. The number of fused-ring (bicyclic) bond motifs is 1. The van der Waals surface area contributed by atoms with Gasteiger partial charge in [-0.2, -0.15) is 0 Å². The van der Waals surface area contributed by atoms with Gasteiger partial charge in [0.25, 0.3) is 5.91 Å². The van der Waals surface area contributed by atoms with Gasteiger partial charge in [-0.05, 0) is 43.7 Å². The Bertz CT molecular complexity index is 1100. The van der Waals surface area contributed by atoms with Gasteiger partial charge in [-0.3, -0.25) is 9.78 Å². The summed E-state index contributed by atoms with van der Waals surface area (Å²) in [6.45, 7) is 5.72. The maximum atomic E-state index is 13.0. The first-order valence-electron chi connectivity index (χ1n) is 9.71. The van der Waals surface area contributed by atoms with E-state index in [2.05, 4.69) is 27.2 Å². The summed E-state index contributed by atoms with van der Waals surface area (Å²) in [5, 5.41) is 3.04. The van der Waals surface area contributed by atoms with Gasteiger partial charge in [0.05, 0.1) is 17.6 Å². The normalized spacial score (nSPS) is 13.9. The van der Waals surface area contributed by atoms with Crippen LogP contribution in [-0.2, 0) is 20.0 Å². The standard InChI is InChI=1S/C22H26N6O/c1-13-16(10-24-11-17(13)23)15-6-5-7-18(14(15)2)26-22(29)21-25-19-12-27(3)9-8-20(19)28(21)4/h5-7,10-11H,8-9,12,23H2,1-4H3,(H,26,29). The van der Waals surface area contributed by atoms with Crippen LogP contribution in [0.2, 0.25) is 0 Å². The predicted octanol–water partition coefficient (Wildman–Crippen LogP) is 2.92. The first-order valence-corrected chi connectivity index (χ1v) is 9.71. The van der Waals surface area contributed by atoms with E-state index in [9.17, 15) is 4.79 Å². The molecule has 1 amide bonds. The number of amides is 1. The van der Waals surface area contributed by atoms with Crippen molar-refractivity contribution in [1.82, 2.24) is 19.4 Å². The summed E-state index contributed by atoms with van der Waals surface area (Å²) in [6.07, 6.45) is 4.36. The summed E-state index contributed by atoms with van der Waals surface area (Å²) in [5.74, 6) is 0.240. The van der Waals surface area contributed by atoms with Crippen molar-refractivity contribution in [3.8, 4) is 11.1 Å². The molecule has 0 saturated carbocycles. The molecule has 0 atom stereocenters. The van der Waals surface area contributed by atoms with Gasteiger partial charge in [-0.25, -0.2) is 4.98 Å². The highest BCUT2D eigenvalue weighted by atomic mass is 16.2. The van der Waals surface area contributed by atoms with Gasteiger partial charge in [0.2, 0.25) is 0 Å². The van der Waals surface area contributed by atoms with Crippen LogP contribution < -0.4 is 11.1 Å². The monoisotopic (exact) mass is 390 g/mol. The lowest BCUT2D eigenvalue weighted by atomic mass is 9.96. The number of hydrogen-bond donors (Lipinski definition) is 2. The molecule has 29 heavy (non-hydrogen) atoms. The maximum Gasteiger partial charge on any atom is 0.291 e. The molecule has 3 heterocycles. The van der Waals surface area contributed by atoms with Gasteiger partial charge in [0.1, 0.15) is 0 Å². The van der Waals surface area contributed by atoms with Gasteiger partial charge in [0, 0.05) is 49.7 Å². The Hall–Kier alpha value is -3.19. The molecule has 7 heteroatoms. The van der Waals surface area contributed by atoms with Crippen LogP contribution in [0.3, 0.4) is 0 Å². The van der Waals surface area contributed by atoms with E-state index in [1.165, 1.54) is 0 Å². The zero-order valence-electron chi connectivity index (χ0n) is 17.3. The van der Waals surface area contributed by atoms with E-state index in [1.54, 1.807) is 6.20 Å². The number of aromatic nitrogens is 3. The zero-order valence-corrected chi connectivity index (χ0v) is 17.3. The number of nitrogens with two attached hydrogens (primary N) is 1. The first kappa shape index (κ1) is 19.1. The van der Waals surface area contributed by atoms with Crippen LogP contribution in [0.4, 0.5) is 11.4 Å². The average Bonchev–Trinajstić information content (AvgIpc) is 3.02. The van der Waals surface area contributed by atoms with Crippen LogP contribution >= 0.6 is 0 Å². The smallest absolute Gasteiger partial charge is 0.291 e. The number of hydrogen-bond acceptors (Lipinski definition) is 5. The number of likely N-dealkylation sites (N-methyl/N-ethyl adjacent to an activating group) is 1. The van der Waals surface area contributed by atoms with Crippen LogP contribution in [0.1, 0.15) is 33.1 Å². The summed E-state index contributed by atoms with van der Waals surface area (Å²) in [4.78, 5) is 24.1. The minimum Gasteiger partial charge on any atom is -0.397 e. The van der Waals surface area contributed by atoms with Gasteiger partial charge in [-0.15, -0.1) is 0 Å². The Balaban J connectivity index is 1.66. The molecule has 0 fully saturated rings. The molecule has 4 rings (SSSR count). The molecule has 1 aromatic carbocycles. The Morgan fingerprint density at radius 1 is 1.14 bits per heavy atom. The van der Waals surface area contributed by atoms with Crippen molar-refractivity contribution in [2.75, 3.05) is 24.6 Å². The van der Waals surface area contributed by atoms with Crippen molar-refractivity contribution in [3.05, 3.63) is 58.9 Å². The fourth-order valence-corrected chi connectivity index (χ4v) is 3.92. The molecule has 0 aliphatic carbocycles. The molecule has 0 saturated heterocycles. The number of nitrogens with one attached hydrogen (secondary N) is 1. The van der Waals surface area contributed by atoms with Crippen molar-refractivity contribution < 1.29 is 4.79 Å². The third kappa shape index (κ3) is 3.38. The minimum atomic E-state index is -0.202. The van der Waals surface area contributed by atoms with Crippen molar-refractivity contribution in [2.24, 2.45) is 7.05 Å². The van der Waals surface area contributed by atoms with Gasteiger partial charge < -0.3 is 20.5 Å². The number of rotatable bonds is 3. The zero-order chi connectivity index (χ0) is 20.7. The first-order chi connectivity index (χ1) is 13.9. The van der Waals surface area contributed by atoms with E-state index >= 15 is 0 Å². The summed E-state index contributed by atoms with van der Waals surface area (Å²) in [7, 11) is 3.98. The second kappa shape index (κ2) is 7.33. The summed E-state index contributed by atoms with van der Waals surface area (Å²) < 4.78 is 1.92. The van der Waals surface area contributed by atoms with Crippen LogP contribution in [0.25, 0.3) is 11.1 Å². The van der Waals surface area contributed by atoms with Crippen molar-refractivity contribution in [1.29, 1.82) is 0 Å². The summed E-state index contributed by atoms with van der Waals surface area (Å²) in [5.41, 5.74) is 13.5. The summed E-state index contributed by atoms with van der Waals surface area (Å²) >= 11 is 0. The molecule has 3 aromatic rings. The molecule has 2 aromatic heterocycles. The molecule has 0 unspecified atom stereocenters. The second-order valence-corrected chi connectivity index (χ2v) is 7.71. The van der Waals surface area contributed by atoms with Gasteiger partial charge in [0.15, 0.2) is 5.82 Å². The van der Waals surface area contributed by atoms with E-state index < -0.39 is 0 Å². The number of carbonyl (C=O) groups excluding carboxylic acids is 1. The molecule has 1 aliphatic heterocycles. The SMILES string of the molecule is Cc1c(N)cncc1-c1cccc(NC(=O)c2nc3c(n2C)CCN(C)C3)c1C. The molecule has 0 spiro atoms. The van der Waals surface area contributed by atoms with Gasteiger partial charge in [-0.1, -0.05) is 12.1 Å². The average molecular weight is 390 g/mol. The number of carbonyl (C=O) groups is 1. The maximum absolute atomic E-state index is 13.0. The number of nitrogens with zero attached hydrogens (tertiary/aromatic N) is 4. The molecule has 3 N–H and O–H groups in total. The van der Waals surface area contributed by atoms with E-state index in [-0.39, 0.29) is 5.91 Å². The number of anilines is 2. The van der Waals surface area contributed by atoms with E-state index in [1.807, 2.05) is 49.9 Å². The highest BCUT2D eigenvalue weighted by Crippen LogP contribution is 2.32. The fourth-order valence-electron chi connectivity index (χ4n) is 3.92. The Labute approximate surface area is 170 Å². The van der Waals surface area contributed by atoms with E-state index in [4.69, 9.17) is 5.73 Å². The largest absolute Gasteiger partial charge is 0.397 e. The molecule has 0 bridgehead atoms. The topological polar surface area (TPSA) is 89.1 Å². The van der Waals surface area contributed by atoms with Crippen LogP contribution in [0.15, 0.2) is 30.6 Å². The number of nitrogen functional groups attached to an aromatic ring is 1. The molecular formula is C22H26N6O. The molecular weight excluding hydrogens is 364 g/mol. The summed E-state index contributed by atoms with van der Waals surface area (Å²) in [6, 6.07) is 5.85. The highest BCUT2D eigenvalue weighted by Gasteiger charge is 2.24. The van der Waals surface area contributed by atoms with Crippen LogP contribution in [0.5, 0.6) is 0 Å². The highest BCUT2D eigenvalue weighted by molar-refractivity contribution is 6.03. The predicted molar refractivity (Wildman–Crippen MR) is 115 cm³/mol. The van der Waals surface area contributed by atoms with Gasteiger partial charge >= 0.3 is 0 Å². The lowest BCUT2D eigenvalue weighted by Gasteiger charge is -2.21. The number of pyridine rings is 1. The Kier molecular flexibility index (Phi) is 4.84. The van der Waals surface area contributed by atoms with E-state index in [0.717, 1.165) is 58.8 Å². The number of benzene rings is 1. The fraction of sp³-hybridized carbons (Fsp3) is 0.318. The molecule has 7 nitrogen and oxygen atoms in total. The molecule has 150 valence electrons. The third-order valence-electron chi connectivity index (χ3n) is 5.78. The van der Waals surface area contributed by atoms with Crippen molar-refractivity contribution in [2.45, 2.75) is 26.8 Å². The van der Waals surface area contributed by atoms with Crippen LogP contribution in [0, 0.1) is 13.8 Å². The van der Waals surface area contributed by atoms with Crippen molar-refractivity contribution in [3.63, 3.8) is 0 Å². The lowest BCUT2D eigenvalue weighted by Crippen LogP contribution is -2.27. The van der Waals surface area contributed by atoms with Crippen molar-refractivity contribution >= 4 is 17.3 Å². The Morgan fingerprint density at radius 3 is 2.72 bits per heavy atom. The molecule has 1 aliphatic rings. The number of imidazole rings is 1. The second-order valence-electron chi connectivity index (χ2n) is 7.71. The molecule has 0 radical (unpaired) electrons. The quantitative estimate of drug-likeness (QED) is 0.718. The van der Waals surface area contributed by atoms with Crippen LogP contribution in [-0.4, -0.2) is 38.9 Å².